The number of halogens is 1. The van der Waals surface area contributed by atoms with Crippen molar-refractivity contribution in [1.29, 1.82) is 0 Å². The average Bonchev–Trinajstić information content (AvgIpc) is 1.97. The van der Waals surface area contributed by atoms with Gasteiger partial charge in [0.2, 0.25) is 0 Å². The van der Waals surface area contributed by atoms with Gasteiger partial charge in [-0.15, -0.1) is 12.4 Å². The molecule has 0 saturated heterocycles. The van der Waals surface area contributed by atoms with E-state index in [9.17, 15) is 0 Å². The Labute approximate surface area is 77.2 Å². The quantitative estimate of drug-likeness (QED) is 0.651. The van der Waals surface area contributed by atoms with Gasteiger partial charge in [0.15, 0.2) is 0 Å². The van der Waals surface area contributed by atoms with Crippen molar-refractivity contribution in [1.82, 2.24) is 0 Å². The lowest BCUT2D eigenvalue weighted by Gasteiger charge is -2.05. The van der Waals surface area contributed by atoms with Crippen molar-refractivity contribution >= 4 is 12.4 Å². The molecule has 3 N–H and O–H groups in total. The predicted octanol–water partition coefficient (Wildman–Crippen LogP) is 2.40. The molecule has 0 aliphatic heterocycles. The topological polar surface area (TPSA) is 27.6 Å². The summed E-state index contributed by atoms with van der Waals surface area (Å²) in [6.07, 6.45) is 8.01. The maximum atomic E-state index is 4.11. The predicted molar refractivity (Wildman–Crippen MR) is 53.0 cm³/mol. The third-order valence-electron chi connectivity index (χ3n) is 1.93. The van der Waals surface area contributed by atoms with Crippen LogP contribution in [0.1, 0.15) is 52.4 Å². The van der Waals surface area contributed by atoms with Crippen molar-refractivity contribution in [3.8, 4) is 0 Å². The molecule has 0 unspecified atom stereocenters. The minimum atomic E-state index is 0. The monoisotopic (exact) mass is 180 g/mol. The lowest BCUT2D eigenvalue weighted by atomic mass is 10.1. The van der Waals surface area contributed by atoms with Crippen LogP contribution in [-0.4, -0.2) is 6.04 Å². The lowest BCUT2D eigenvalue weighted by Crippen LogP contribution is -2.60. The molecule has 2 heteroatoms. The highest BCUT2D eigenvalue weighted by atomic mass is 35.5. The van der Waals surface area contributed by atoms with E-state index < -0.39 is 0 Å². The summed E-state index contributed by atoms with van der Waals surface area (Å²) >= 11 is 0. The Bertz CT molecular complexity index is 58.6. The van der Waals surface area contributed by atoms with Crippen LogP contribution in [0.4, 0.5) is 0 Å². The third-order valence-corrected chi connectivity index (χ3v) is 1.93. The fraction of sp³-hybridized carbons (Fsp3) is 1.00. The summed E-state index contributed by atoms with van der Waals surface area (Å²) in [5.41, 5.74) is 4.11. The maximum Gasteiger partial charge on any atom is 0.0843 e. The Morgan fingerprint density at radius 2 is 1.36 bits per heavy atom. The fourth-order valence-corrected chi connectivity index (χ4v) is 1.13. The normalized spacial score (nSPS) is 9.82. The number of quaternary nitrogens is 1. The molecule has 0 bridgehead atoms. The van der Waals surface area contributed by atoms with Crippen LogP contribution < -0.4 is 5.73 Å². The van der Waals surface area contributed by atoms with E-state index in [-0.39, 0.29) is 12.4 Å². The van der Waals surface area contributed by atoms with E-state index in [2.05, 4.69) is 19.6 Å². The second kappa shape index (κ2) is 10.2. The molecule has 0 rings (SSSR count). The molecule has 0 atom stereocenters. The van der Waals surface area contributed by atoms with Gasteiger partial charge in [0.1, 0.15) is 0 Å². The average molecular weight is 181 g/mol. The first-order valence-corrected chi connectivity index (χ1v) is 4.64. The molecule has 0 saturated carbocycles. The molecule has 0 aliphatic rings. The number of rotatable bonds is 6. The van der Waals surface area contributed by atoms with Gasteiger partial charge in [-0.05, 0) is 25.7 Å². The van der Waals surface area contributed by atoms with E-state index in [1.807, 2.05) is 0 Å². The third kappa shape index (κ3) is 10.2. The second-order valence-electron chi connectivity index (χ2n) is 3.15. The minimum Gasteiger partial charge on any atom is -0.355 e. The smallest absolute Gasteiger partial charge is 0.0843 e. The maximum absolute atomic E-state index is 4.11. The van der Waals surface area contributed by atoms with Crippen LogP contribution in [0.5, 0.6) is 0 Å². The van der Waals surface area contributed by atoms with E-state index in [4.69, 9.17) is 0 Å². The van der Waals surface area contributed by atoms with Gasteiger partial charge >= 0.3 is 0 Å². The van der Waals surface area contributed by atoms with E-state index in [1.165, 1.54) is 38.5 Å². The molecule has 0 aromatic carbocycles. The van der Waals surface area contributed by atoms with Crippen LogP contribution in [0.3, 0.4) is 0 Å². The molecule has 0 spiro atoms. The Kier molecular flexibility index (Phi) is 12.9. The van der Waals surface area contributed by atoms with Gasteiger partial charge < -0.3 is 5.73 Å². The van der Waals surface area contributed by atoms with Crippen molar-refractivity contribution in [2.45, 2.75) is 58.4 Å². The summed E-state index contributed by atoms with van der Waals surface area (Å²) in [7, 11) is 0. The van der Waals surface area contributed by atoms with E-state index in [1.54, 1.807) is 0 Å². The first kappa shape index (κ1) is 13.8. The first-order valence-electron chi connectivity index (χ1n) is 4.64. The molecular weight excluding hydrogens is 158 g/mol. The summed E-state index contributed by atoms with van der Waals surface area (Å²) in [6.45, 7) is 4.49. The highest BCUT2D eigenvalue weighted by Gasteiger charge is 2.02. The molecule has 1 nitrogen and oxygen atoms in total. The van der Waals surface area contributed by atoms with Gasteiger partial charge in [-0.25, -0.2) is 0 Å². The molecule has 0 amide bonds. The molecule has 0 radical (unpaired) electrons. The Morgan fingerprint density at radius 1 is 1.00 bits per heavy atom. The molecule has 0 heterocycles. The van der Waals surface area contributed by atoms with Gasteiger partial charge in [0.05, 0.1) is 6.04 Å². The largest absolute Gasteiger partial charge is 0.355 e. The zero-order valence-corrected chi connectivity index (χ0v) is 8.75. The number of unbranched alkanes of at least 4 members (excludes halogenated alkanes) is 2. The van der Waals surface area contributed by atoms with Gasteiger partial charge in [-0.2, -0.15) is 0 Å². The van der Waals surface area contributed by atoms with Crippen molar-refractivity contribution < 1.29 is 5.73 Å². The second-order valence-corrected chi connectivity index (χ2v) is 3.15. The summed E-state index contributed by atoms with van der Waals surface area (Å²) in [5.74, 6) is 0. The zero-order chi connectivity index (χ0) is 7.82. The van der Waals surface area contributed by atoms with Gasteiger partial charge in [-0.1, -0.05) is 26.7 Å². The molecular formula is C9H23ClN+. The standard InChI is InChI=1S/C9H21N.ClH/c1-3-5-7-9(10)8-6-4-2;/h9H,3-8,10H2,1-2H3;1H/p+1. The van der Waals surface area contributed by atoms with Crippen LogP contribution in [0, 0.1) is 0 Å². The van der Waals surface area contributed by atoms with Crippen LogP contribution >= 0.6 is 12.4 Å². The molecule has 11 heavy (non-hydrogen) atoms. The van der Waals surface area contributed by atoms with Crippen molar-refractivity contribution in [3.05, 3.63) is 0 Å². The SMILES string of the molecule is CCCCC([NH3+])CCCC.Cl. The molecule has 70 valence electrons. The van der Waals surface area contributed by atoms with Gasteiger partial charge in [-0.3, -0.25) is 0 Å². The summed E-state index contributed by atoms with van der Waals surface area (Å²) in [6, 6.07) is 0.722. The summed E-state index contributed by atoms with van der Waals surface area (Å²) < 4.78 is 0. The summed E-state index contributed by atoms with van der Waals surface area (Å²) in [4.78, 5) is 0. The number of hydrogen-bond acceptors (Lipinski definition) is 0. The van der Waals surface area contributed by atoms with Crippen LogP contribution in [0.2, 0.25) is 0 Å². The highest BCUT2D eigenvalue weighted by Crippen LogP contribution is 2.03. The van der Waals surface area contributed by atoms with E-state index in [0.717, 1.165) is 6.04 Å². The summed E-state index contributed by atoms with van der Waals surface area (Å²) in [5, 5.41) is 0. The highest BCUT2D eigenvalue weighted by molar-refractivity contribution is 5.85. The van der Waals surface area contributed by atoms with E-state index in [0.29, 0.717) is 0 Å². The number of hydrogen-bond donors (Lipinski definition) is 1. The van der Waals surface area contributed by atoms with Gasteiger partial charge in [0, 0.05) is 0 Å². The Balaban J connectivity index is 0. The molecule has 0 aliphatic carbocycles. The van der Waals surface area contributed by atoms with Crippen LogP contribution in [0.15, 0.2) is 0 Å². The Hall–Kier alpha value is 0.250. The molecule has 0 aromatic rings. The van der Waals surface area contributed by atoms with Gasteiger partial charge in [0.25, 0.3) is 0 Å². The molecule has 0 fully saturated rings. The Morgan fingerprint density at radius 3 is 1.64 bits per heavy atom. The lowest BCUT2D eigenvalue weighted by molar-refractivity contribution is -0.423. The van der Waals surface area contributed by atoms with Crippen molar-refractivity contribution in [3.63, 3.8) is 0 Å². The van der Waals surface area contributed by atoms with E-state index >= 15 is 0 Å². The van der Waals surface area contributed by atoms with Crippen molar-refractivity contribution in [2.24, 2.45) is 0 Å². The van der Waals surface area contributed by atoms with Crippen LogP contribution in [-0.2, 0) is 0 Å². The van der Waals surface area contributed by atoms with Crippen molar-refractivity contribution in [2.75, 3.05) is 0 Å². The first-order chi connectivity index (χ1) is 4.81. The van der Waals surface area contributed by atoms with Crippen LogP contribution in [0.25, 0.3) is 0 Å². The molecule has 0 aromatic heterocycles. The fourth-order valence-electron chi connectivity index (χ4n) is 1.13. The minimum absolute atomic E-state index is 0. The zero-order valence-electron chi connectivity index (χ0n) is 7.94.